The quantitative estimate of drug-likeness (QED) is 0.488. The average molecular weight is 277 g/mol. The third-order valence-corrected chi connectivity index (χ3v) is 3.87. The minimum absolute atomic E-state index is 0.0319. The lowest BCUT2D eigenvalue weighted by Crippen LogP contribution is -2.39. The Morgan fingerprint density at radius 3 is 3.00 bits per heavy atom. The Morgan fingerprint density at radius 1 is 1.67 bits per heavy atom. The van der Waals surface area contributed by atoms with Crippen LogP contribution in [-0.2, 0) is 9.53 Å². The van der Waals surface area contributed by atoms with Crippen LogP contribution in [0.1, 0.15) is 32.6 Å². The maximum Gasteiger partial charge on any atom is 0.330 e. The van der Waals surface area contributed by atoms with E-state index in [1.54, 1.807) is 13.0 Å². The van der Waals surface area contributed by atoms with Gasteiger partial charge in [-0.05, 0) is 25.8 Å². The van der Waals surface area contributed by atoms with E-state index in [1.165, 1.54) is 6.08 Å². The Labute approximate surface area is 98.6 Å². The van der Waals surface area contributed by atoms with Gasteiger partial charge in [-0.2, -0.15) is 0 Å². The van der Waals surface area contributed by atoms with Gasteiger partial charge in [-0.15, -0.1) is 0 Å². The predicted octanol–water partition coefficient (Wildman–Crippen LogP) is 2.17. The van der Waals surface area contributed by atoms with Crippen LogP contribution in [-0.4, -0.2) is 28.1 Å². The van der Waals surface area contributed by atoms with Crippen molar-refractivity contribution >= 4 is 21.9 Å². The van der Waals surface area contributed by atoms with Crippen LogP contribution < -0.4 is 0 Å². The van der Waals surface area contributed by atoms with Crippen LogP contribution in [0.15, 0.2) is 12.2 Å². The normalized spacial score (nSPS) is 31.8. The highest BCUT2D eigenvalue weighted by Crippen LogP contribution is 2.34. The zero-order chi connectivity index (χ0) is 11.3. The predicted molar refractivity (Wildman–Crippen MR) is 61.9 cm³/mol. The lowest BCUT2D eigenvalue weighted by Gasteiger charge is -2.34. The van der Waals surface area contributed by atoms with Gasteiger partial charge in [0.2, 0.25) is 0 Å². The Bertz CT molecular complexity index is 252. The standard InChI is InChI=1S/C11H17BrO3/c1-2-15-10(13)6-8-11(14)7-4-3-5-9(11)12/h6,8-9,14H,2-5,7H2,1H3/b8-6+/t9-,11-/m0/s1. The molecule has 15 heavy (non-hydrogen) atoms. The van der Waals surface area contributed by atoms with Crippen LogP contribution in [0, 0.1) is 0 Å². The molecule has 4 heteroatoms. The van der Waals surface area contributed by atoms with Gasteiger partial charge in [0.25, 0.3) is 0 Å². The topological polar surface area (TPSA) is 46.5 Å². The molecule has 0 saturated heterocycles. The monoisotopic (exact) mass is 276 g/mol. The van der Waals surface area contributed by atoms with Gasteiger partial charge in [0.15, 0.2) is 0 Å². The zero-order valence-corrected chi connectivity index (χ0v) is 10.5. The van der Waals surface area contributed by atoms with Crippen LogP contribution in [0.2, 0.25) is 0 Å². The molecule has 0 aliphatic heterocycles. The fourth-order valence-corrected chi connectivity index (χ4v) is 2.43. The highest BCUT2D eigenvalue weighted by Gasteiger charge is 2.34. The lowest BCUT2D eigenvalue weighted by molar-refractivity contribution is -0.137. The summed E-state index contributed by atoms with van der Waals surface area (Å²) in [6, 6.07) is 0. The maximum atomic E-state index is 11.1. The third kappa shape index (κ3) is 3.61. The van der Waals surface area contributed by atoms with E-state index < -0.39 is 11.6 Å². The molecular formula is C11H17BrO3. The van der Waals surface area contributed by atoms with Crippen molar-refractivity contribution < 1.29 is 14.6 Å². The number of carbonyl (C=O) groups excluding carboxylic acids is 1. The molecule has 0 aromatic rings. The highest BCUT2D eigenvalue weighted by molar-refractivity contribution is 9.09. The number of carbonyl (C=O) groups is 1. The van der Waals surface area contributed by atoms with E-state index in [4.69, 9.17) is 4.74 Å². The molecule has 1 rings (SSSR count). The van der Waals surface area contributed by atoms with Crippen molar-refractivity contribution in [3.05, 3.63) is 12.2 Å². The van der Waals surface area contributed by atoms with Crippen molar-refractivity contribution in [3.8, 4) is 0 Å². The summed E-state index contributed by atoms with van der Waals surface area (Å²) in [4.78, 5) is 11.1. The number of hydrogen-bond donors (Lipinski definition) is 1. The Kier molecular flexibility index (Phi) is 4.80. The summed E-state index contributed by atoms with van der Waals surface area (Å²) < 4.78 is 4.76. The van der Waals surface area contributed by atoms with Gasteiger partial charge in [-0.25, -0.2) is 4.79 Å². The van der Waals surface area contributed by atoms with Gasteiger partial charge in [0.1, 0.15) is 0 Å². The molecular weight excluding hydrogens is 260 g/mol. The van der Waals surface area contributed by atoms with Crippen molar-refractivity contribution in [2.75, 3.05) is 6.61 Å². The summed E-state index contributed by atoms with van der Waals surface area (Å²) in [5, 5.41) is 10.2. The van der Waals surface area contributed by atoms with E-state index in [-0.39, 0.29) is 4.83 Å². The van der Waals surface area contributed by atoms with Crippen molar-refractivity contribution in [3.63, 3.8) is 0 Å². The van der Waals surface area contributed by atoms with Gasteiger partial charge in [-0.1, -0.05) is 28.8 Å². The zero-order valence-electron chi connectivity index (χ0n) is 8.91. The number of halogens is 1. The molecule has 1 aliphatic rings. The van der Waals surface area contributed by atoms with Crippen molar-refractivity contribution in [1.82, 2.24) is 0 Å². The minimum atomic E-state index is -0.898. The molecule has 0 spiro atoms. The largest absolute Gasteiger partial charge is 0.463 e. The van der Waals surface area contributed by atoms with Gasteiger partial charge >= 0.3 is 5.97 Å². The van der Waals surface area contributed by atoms with Crippen LogP contribution in [0.25, 0.3) is 0 Å². The van der Waals surface area contributed by atoms with Gasteiger partial charge in [0, 0.05) is 10.9 Å². The summed E-state index contributed by atoms with van der Waals surface area (Å²) in [7, 11) is 0. The molecule has 0 bridgehead atoms. The fraction of sp³-hybridized carbons (Fsp3) is 0.727. The molecule has 0 aromatic heterocycles. The molecule has 0 amide bonds. The first kappa shape index (κ1) is 12.7. The van der Waals surface area contributed by atoms with E-state index in [0.717, 1.165) is 19.3 Å². The van der Waals surface area contributed by atoms with Gasteiger partial charge in [0.05, 0.1) is 12.2 Å². The molecule has 86 valence electrons. The summed E-state index contributed by atoms with van der Waals surface area (Å²) in [5.41, 5.74) is -0.898. The number of alkyl halides is 1. The molecule has 2 atom stereocenters. The third-order valence-electron chi connectivity index (χ3n) is 2.62. The van der Waals surface area contributed by atoms with E-state index >= 15 is 0 Å². The fourth-order valence-electron chi connectivity index (χ4n) is 1.73. The summed E-state index contributed by atoms with van der Waals surface area (Å²) in [5.74, 6) is -0.392. The molecule has 0 heterocycles. The second-order valence-electron chi connectivity index (χ2n) is 3.79. The number of esters is 1. The molecule has 1 N–H and O–H groups in total. The van der Waals surface area contributed by atoms with Crippen LogP contribution >= 0.6 is 15.9 Å². The lowest BCUT2D eigenvalue weighted by atomic mass is 9.84. The second-order valence-corrected chi connectivity index (χ2v) is 4.90. The summed E-state index contributed by atoms with van der Waals surface area (Å²) in [6.45, 7) is 2.12. The van der Waals surface area contributed by atoms with Crippen LogP contribution in [0.4, 0.5) is 0 Å². The number of aliphatic hydroxyl groups is 1. The molecule has 1 saturated carbocycles. The average Bonchev–Trinajstić information content (AvgIpc) is 2.21. The smallest absolute Gasteiger partial charge is 0.330 e. The highest BCUT2D eigenvalue weighted by atomic mass is 79.9. The van der Waals surface area contributed by atoms with Crippen molar-refractivity contribution in [2.45, 2.75) is 43.0 Å². The van der Waals surface area contributed by atoms with E-state index in [1.807, 2.05) is 0 Å². The Hall–Kier alpha value is -0.350. The summed E-state index contributed by atoms with van der Waals surface area (Å²) in [6.07, 6.45) is 6.62. The minimum Gasteiger partial charge on any atom is -0.463 e. The SMILES string of the molecule is CCOC(=O)/C=C/[C@@]1(O)CCCC[C@@H]1Br. The number of rotatable bonds is 3. The van der Waals surface area contributed by atoms with E-state index in [9.17, 15) is 9.90 Å². The summed E-state index contributed by atoms with van der Waals surface area (Å²) >= 11 is 3.45. The molecule has 1 fully saturated rings. The number of hydrogen-bond acceptors (Lipinski definition) is 3. The maximum absolute atomic E-state index is 11.1. The van der Waals surface area contributed by atoms with Gasteiger partial charge < -0.3 is 9.84 Å². The number of ether oxygens (including phenoxy) is 1. The van der Waals surface area contributed by atoms with Crippen LogP contribution in [0.5, 0.6) is 0 Å². The van der Waals surface area contributed by atoms with Crippen molar-refractivity contribution in [1.29, 1.82) is 0 Å². The molecule has 0 aromatic carbocycles. The molecule has 0 radical (unpaired) electrons. The first-order chi connectivity index (χ1) is 7.08. The second kappa shape index (κ2) is 5.66. The Morgan fingerprint density at radius 2 is 2.40 bits per heavy atom. The van der Waals surface area contributed by atoms with Gasteiger partial charge in [-0.3, -0.25) is 0 Å². The van der Waals surface area contributed by atoms with Crippen molar-refractivity contribution in [2.24, 2.45) is 0 Å². The van der Waals surface area contributed by atoms with E-state index in [2.05, 4.69) is 15.9 Å². The molecule has 0 unspecified atom stereocenters. The van der Waals surface area contributed by atoms with E-state index in [0.29, 0.717) is 13.0 Å². The Balaban J connectivity index is 2.57. The van der Waals surface area contributed by atoms with Crippen LogP contribution in [0.3, 0.4) is 0 Å². The first-order valence-electron chi connectivity index (χ1n) is 5.31. The first-order valence-corrected chi connectivity index (χ1v) is 6.22. The molecule has 3 nitrogen and oxygen atoms in total. The molecule has 1 aliphatic carbocycles.